The molecule has 3 rings (SSSR count). The third kappa shape index (κ3) is 4.39. The molecule has 1 aliphatic rings. The van der Waals surface area contributed by atoms with Crippen LogP contribution in [0.15, 0.2) is 30.6 Å². The molecule has 1 aliphatic heterocycles. The average molecular weight is 433 g/mol. The lowest BCUT2D eigenvalue weighted by Crippen LogP contribution is -2.35. The molecule has 1 aromatic heterocycles. The Balaban J connectivity index is 1.93. The second-order valence-electron chi connectivity index (χ2n) is 6.16. The van der Waals surface area contributed by atoms with E-state index in [9.17, 15) is 9.18 Å². The Morgan fingerprint density at radius 2 is 1.74 bits per heavy atom. The van der Waals surface area contributed by atoms with Crippen molar-refractivity contribution in [1.29, 1.82) is 0 Å². The highest BCUT2D eigenvalue weighted by molar-refractivity contribution is 6.38. The third-order valence-electron chi connectivity index (χ3n) is 4.47. The van der Waals surface area contributed by atoms with E-state index in [1.807, 2.05) is 9.80 Å². The molecule has 0 N–H and O–H groups in total. The zero-order valence-electron chi connectivity index (χ0n) is 14.5. The highest BCUT2D eigenvalue weighted by atomic mass is 35.5. The molecule has 0 aliphatic carbocycles. The lowest BCUT2D eigenvalue weighted by Gasteiger charge is -2.26. The Hall–Kier alpha value is -1.76. The highest BCUT2D eigenvalue weighted by Gasteiger charge is 2.30. The number of hydrogen-bond acceptors (Lipinski definition) is 5. The molecule has 1 aromatic carbocycles. The SMILES string of the molecule is COC(=O)C1CN(c2ccc(F)c(Cl)c2)CCN(c2c(Cl)cncc2Cl)C1. The molecule has 2 heterocycles. The number of methoxy groups -OCH3 is 1. The molecule has 0 spiro atoms. The van der Waals surface area contributed by atoms with Gasteiger partial charge in [-0.05, 0) is 18.2 Å². The van der Waals surface area contributed by atoms with E-state index in [2.05, 4.69) is 4.98 Å². The summed E-state index contributed by atoms with van der Waals surface area (Å²) in [6.45, 7) is 1.88. The standard InChI is InChI=1S/C18H17Cl3FN3O2/c1-27-18(26)11-9-24(12-2-3-16(22)13(19)6-12)4-5-25(10-11)17-14(20)7-23-8-15(17)21/h2-3,6-8,11H,4-5,9-10H2,1H3. The number of nitrogens with zero attached hydrogens (tertiary/aromatic N) is 3. The van der Waals surface area contributed by atoms with Crippen LogP contribution in [-0.2, 0) is 9.53 Å². The quantitative estimate of drug-likeness (QED) is 0.677. The van der Waals surface area contributed by atoms with Crippen molar-refractivity contribution in [3.05, 3.63) is 51.5 Å². The number of anilines is 2. The fraction of sp³-hybridized carbons (Fsp3) is 0.333. The van der Waals surface area contributed by atoms with Crippen LogP contribution < -0.4 is 9.80 Å². The van der Waals surface area contributed by atoms with Crippen molar-refractivity contribution in [3.8, 4) is 0 Å². The zero-order valence-corrected chi connectivity index (χ0v) is 16.7. The van der Waals surface area contributed by atoms with Gasteiger partial charge in [-0.2, -0.15) is 0 Å². The molecule has 5 nitrogen and oxygen atoms in total. The van der Waals surface area contributed by atoms with Gasteiger partial charge in [-0.15, -0.1) is 0 Å². The lowest BCUT2D eigenvalue weighted by atomic mass is 10.1. The van der Waals surface area contributed by atoms with Gasteiger partial charge in [-0.25, -0.2) is 4.39 Å². The predicted octanol–water partition coefficient (Wildman–Crippen LogP) is 4.30. The summed E-state index contributed by atoms with van der Waals surface area (Å²) in [6.07, 6.45) is 3.02. The molecular formula is C18H17Cl3FN3O2. The largest absolute Gasteiger partial charge is 0.469 e. The number of aromatic nitrogens is 1. The molecule has 2 aromatic rings. The number of benzene rings is 1. The molecular weight excluding hydrogens is 416 g/mol. The summed E-state index contributed by atoms with van der Waals surface area (Å²) in [4.78, 5) is 20.2. The van der Waals surface area contributed by atoms with Crippen LogP contribution in [0.1, 0.15) is 0 Å². The van der Waals surface area contributed by atoms with Gasteiger partial charge >= 0.3 is 5.97 Å². The number of hydrogen-bond donors (Lipinski definition) is 0. The highest BCUT2D eigenvalue weighted by Crippen LogP contribution is 2.34. The van der Waals surface area contributed by atoms with Crippen molar-refractivity contribution in [2.75, 3.05) is 43.1 Å². The number of ether oxygens (including phenoxy) is 1. The Kier molecular flexibility index (Phi) is 6.29. The molecule has 0 bridgehead atoms. The third-order valence-corrected chi connectivity index (χ3v) is 5.31. The monoisotopic (exact) mass is 431 g/mol. The number of carbonyl (C=O) groups excluding carboxylic acids is 1. The zero-order chi connectivity index (χ0) is 19.6. The van der Waals surface area contributed by atoms with E-state index in [-0.39, 0.29) is 11.0 Å². The average Bonchev–Trinajstić information content (AvgIpc) is 2.86. The van der Waals surface area contributed by atoms with Crippen molar-refractivity contribution in [1.82, 2.24) is 4.98 Å². The van der Waals surface area contributed by atoms with Crippen molar-refractivity contribution in [2.45, 2.75) is 0 Å². The van der Waals surface area contributed by atoms with Gasteiger partial charge in [0.15, 0.2) is 0 Å². The van der Waals surface area contributed by atoms with Crippen LogP contribution in [0.2, 0.25) is 15.1 Å². The van der Waals surface area contributed by atoms with E-state index in [1.165, 1.54) is 25.6 Å². The van der Waals surface area contributed by atoms with E-state index in [0.717, 1.165) is 5.69 Å². The van der Waals surface area contributed by atoms with Gasteiger partial charge in [-0.3, -0.25) is 9.78 Å². The molecule has 1 atom stereocenters. The summed E-state index contributed by atoms with van der Waals surface area (Å²) in [5.41, 5.74) is 1.35. The maximum absolute atomic E-state index is 13.5. The summed E-state index contributed by atoms with van der Waals surface area (Å²) in [6, 6.07) is 4.50. The second kappa shape index (κ2) is 8.50. The summed E-state index contributed by atoms with van der Waals surface area (Å²) < 4.78 is 18.5. The van der Waals surface area contributed by atoms with Crippen molar-refractivity contribution < 1.29 is 13.9 Å². The van der Waals surface area contributed by atoms with Crippen LogP contribution in [0.5, 0.6) is 0 Å². The molecule has 0 amide bonds. The van der Waals surface area contributed by atoms with Gasteiger partial charge in [0.05, 0.1) is 33.8 Å². The molecule has 1 unspecified atom stereocenters. The first kappa shape index (κ1) is 20.0. The lowest BCUT2D eigenvalue weighted by molar-refractivity contribution is -0.144. The molecule has 1 fully saturated rings. The van der Waals surface area contributed by atoms with E-state index in [4.69, 9.17) is 39.5 Å². The molecule has 144 valence electrons. The number of carbonyl (C=O) groups is 1. The Morgan fingerprint density at radius 1 is 1.11 bits per heavy atom. The minimum Gasteiger partial charge on any atom is -0.469 e. The topological polar surface area (TPSA) is 45.7 Å². The smallest absolute Gasteiger partial charge is 0.312 e. The summed E-state index contributed by atoms with van der Waals surface area (Å²) in [5, 5.41) is 0.845. The van der Waals surface area contributed by atoms with Crippen LogP contribution in [0.4, 0.5) is 15.8 Å². The normalized spacial score (nSPS) is 17.6. The molecule has 1 saturated heterocycles. The first-order valence-electron chi connectivity index (χ1n) is 8.22. The van der Waals surface area contributed by atoms with Crippen molar-refractivity contribution in [2.24, 2.45) is 5.92 Å². The number of rotatable bonds is 3. The molecule has 0 saturated carbocycles. The predicted molar refractivity (Wildman–Crippen MR) is 106 cm³/mol. The maximum Gasteiger partial charge on any atom is 0.312 e. The van der Waals surface area contributed by atoms with Crippen LogP contribution in [0.3, 0.4) is 0 Å². The molecule has 27 heavy (non-hydrogen) atoms. The number of esters is 1. The first-order chi connectivity index (χ1) is 12.9. The second-order valence-corrected chi connectivity index (χ2v) is 7.38. The van der Waals surface area contributed by atoms with Gasteiger partial charge in [-0.1, -0.05) is 34.8 Å². The molecule has 0 radical (unpaired) electrons. The van der Waals surface area contributed by atoms with E-state index in [1.54, 1.807) is 12.1 Å². The van der Waals surface area contributed by atoms with Gasteiger partial charge in [0.2, 0.25) is 0 Å². The van der Waals surface area contributed by atoms with E-state index < -0.39 is 11.7 Å². The summed E-state index contributed by atoms with van der Waals surface area (Å²) >= 11 is 18.5. The van der Waals surface area contributed by atoms with Gasteiger partial charge in [0, 0.05) is 44.3 Å². The number of halogens is 4. The van der Waals surface area contributed by atoms with Gasteiger partial charge in [0.1, 0.15) is 5.82 Å². The Labute approximate surface area is 171 Å². The molecule has 9 heteroatoms. The Morgan fingerprint density at radius 3 is 2.37 bits per heavy atom. The van der Waals surface area contributed by atoms with Gasteiger partial charge < -0.3 is 14.5 Å². The summed E-state index contributed by atoms with van der Waals surface area (Å²) in [5.74, 6) is -1.29. The number of pyridine rings is 1. The van der Waals surface area contributed by atoms with Crippen LogP contribution >= 0.6 is 34.8 Å². The fourth-order valence-corrected chi connectivity index (χ4v) is 3.93. The van der Waals surface area contributed by atoms with Gasteiger partial charge in [0.25, 0.3) is 0 Å². The fourth-order valence-electron chi connectivity index (χ4n) is 3.16. The van der Waals surface area contributed by atoms with E-state index in [0.29, 0.717) is 41.9 Å². The van der Waals surface area contributed by atoms with Crippen LogP contribution in [0, 0.1) is 11.7 Å². The minimum absolute atomic E-state index is 0.0310. The van der Waals surface area contributed by atoms with Crippen LogP contribution in [0.25, 0.3) is 0 Å². The van der Waals surface area contributed by atoms with Crippen LogP contribution in [-0.4, -0.2) is 44.2 Å². The minimum atomic E-state index is -0.489. The first-order valence-corrected chi connectivity index (χ1v) is 9.36. The maximum atomic E-state index is 13.5. The summed E-state index contributed by atoms with van der Waals surface area (Å²) in [7, 11) is 1.35. The van der Waals surface area contributed by atoms with Crippen molar-refractivity contribution in [3.63, 3.8) is 0 Å². The van der Waals surface area contributed by atoms with E-state index >= 15 is 0 Å². The van der Waals surface area contributed by atoms with Crippen molar-refractivity contribution >= 4 is 52.1 Å². The Bertz CT molecular complexity index is 832.